The third-order valence-corrected chi connectivity index (χ3v) is 7.00. The number of allylic oxidation sites excluding steroid dienone is 3. The van der Waals surface area contributed by atoms with Crippen LogP contribution in [-0.2, 0) is 24.1 Å². The Bertz CT molecular complexity index is 1360. The highest BCUT2D eigenvalue weighted by molar-refractivity contribution is 6.26. The fourth-order valence-corrected chi connectivity index (χ4v) is 5.33. The number of rotatable bonds is 2. The maximum Gasteiger partial charge on any atom is 0.167 e. The van der Waals surface area contributed by atoms with Gasteiger partial charge in [0.2, 0.25) is 0 Å². The number of aromatic nitrogens is 2. The van der Waals surface area contributed by atoms with Crippen molar-refractivity contribution in [3.8, 4) is 11.1 Å². The van der Waals surface area contributed by atoms with Gasteiger partial charge in [0.05, 0.1) is 11.4 Å². The summed E-state index contributed by atoms with van der Waals surface area (Å²) in [5, 5.41) is 3.55. The third-order valence-electron chi connectivity index (χ3n) is 7.00. The molecule has 1 N–H and O–H groups in total. The molecule has 3 heterocycles. The first-order chi connectivity index (χ1) is 15.6. The molecule has 1 aliphatic heterocycles. The van der Waals surface area contributed by atoms with Gasteiger partial charge in [0.15, 0.2) is 5.78 Å². The topological polar surface area (TPSA) is 54.9 Å². The summed E-state index contributed by atoms with van der Waals surface area (Å²) in [6.45, 7) is 5.31. The highest BCUT2D eigenvalue weighted by Crippen LogP contribution is 2.40. The predicted molar refractivity (Wildman–Crippen MR) is 129 cm³/mol. The van der Waals surface area contributed by atoms with E-state index in [0.717, 1.165) is 59.3 Å². The molecule has 32 heavy (non-hydrogen) atoms. The SMILES string of the molecule is Cc1cc2c(cc1-c1cnc3c(c1C)NCCC3)/C(=C/C1=Cc3ccncc3C1)C(=O)C2. The fourth-order valence-electron chi connectivity index (χ4n) is 5.33. The van der Waals surface area contributed by atoms with Crippen molar-refractivity contribution in [2.75, 3.05) is 11.9 Å². The quantitative estimate of drug-likeness (QED) is 0.575. The third kappa shape index (κ3) is 3.01. The number of carbonyl (C=O) groups is 1. The molecule has 6 rings (SSSR count). The van der Waals surface area contributed by atoms with E-state index in [2.05, 4.69) is 48.4 Å². The summed E-state index contributed by atoms with van der Waals surface area (Å²) in [7, 11) is 0. The average Bonchev–Trinajstić information content (AvgIpc) is 3.34. The van der Waals surface area contributed by atoms with Crippen molar-refractivity contribution < 1.29 is 4.79 Å². The molecule has 4 heteroatoms. The van der Waals surface area contributed by atoms with E-state index in [1.165, 1.54) is 33.5 Å². The van der Waals surface area contributed by atoms with Gasteiger partial charge < -0.3 is 5.32 Å². The second-order valence-electron chi connectivity index (χ2n) is 9.10. The summed E-state index contributed by atoms with van der Waals surface area (Å²) in [4.78, 5) is 22.0. The molecule has 0 atom stereocenters. The summed E-state index contributed by atoms with van der Waals surface area (Å²) >= 11 is 0. The van der Waals surface area contributed by atoms with Crippen molar-refractivity contribution in [3.63, 3.8) is 0 Å². The minimum Gasteiger partial charge on any atom is -0.383 e. The number of aryl methyl sites for hydroxylation is 2. The van der Waals surface area contributed by atoms with E-state index in [1.807, 2.05) is 24.7 Å². The minimum atomic E-state index is 0.202. The molecule has 0 spiro atoms. The van der Waals surface area contributed by atoms with Gasteiger partial charge in [-0.05, 0) is 95.8 Å². The lowest BCUT2D eigenvalue weighted by Gasteiger charge is -2.22. The Morgan fingerprint density at radius 1 is 1.03 bits per heavy atom. The molecule has 0 radical (unpaired) electrons. The molecule has 0 saturated heterocycles. The number of Topliss-reactive ketones (excluding diaryl/α,β-unsaturated/α-hetero) is 1. The van der Waals surface area contributed by atoms with Crippen LogP contribution in [-0.4, -0.2) is 22.3 Å². The standard InChI is InChI=1S/C28H25N3O/c1-16-8-20-12-27(32)24(11-18-9-19-5-7-29-14-21(19)10-18)23(20)13-22(16)25-15-31-26-4-3-6-30-28(26)17(25)2/h5,7-9,11,13-15,30H,3-4,6,10,12H2,1-2H3/b24-11-. The molecule has 0 unspecified atom stereocenters. The Balaban J connectivity index is 1.44. The number of pyridine rings is 2. The molecule has 0 saturated carbocycles. The number of anilines is 1. The molecule has 3 aromatic rings. The number of nitrogens with one attached hydrogen (secondary N) is 1. The van der Waals surface area contributed by atoms with Crippen LogP contribution in [0.5, 0.6) is 0 Å². The fraction of sp³-hybridized carbons (Fsp3) is 0.250. The number of hydrogen-bond donors (Lipinski definition) is 1. The number of benzene rings is 1. The molecule has 0 amide bonds. The summed E-state index contributed by atoms with van der Waals surface area (Å²) in [5.41, 5.74) is 13.7. The maximum atomic E-state index is 13.0. The van der Waals surface area contributed by atoms with Gasteiger partial charge in [-0.1, -0.05) is 12.1 Å². The lowest BCUT2D eigenvalue weighted by Crippen LogP contribution is -2.15. The highest BCUT2D eigenvalue weighted by Gasteiger charge is 2.27. The van der Waals surface area contributed by atoms with Gasteiger partial charge >= 0.3 is 0 Å². The monoisotopic (exact) mass is 419 g/mol. The van der Waals surface area contributed by atoms with Gasteiger partial charge in [0, 0.05) is 42.7 Å². The first-order valence-electron chi connectivity index (χ1n) is 11.3. The summed E-state index contributed by atoms with van der Waals surface area (Å²) < 4.78 is 0. The van der Waals surface area contributed by atoms with E-state index in [9.17, 15) is 4.79 Å². The highest BCUT2D eigenvalue weighted by atomic mass is 16.1. The minimum absolute atomic E-state index is 0.202. The first kappa shape index (κ1) is 19.2. The van der Waals surface area contributed by atoms with Crippen LogP contribution >= 0.6 is 0 Å². The largest absolute Gasteiger partial charge is 0.383 e. The van der Waals surface area contributed by atoms with Crippen LogP contribution in [0.2, 0.25) is 0 Å². The van der Waals surface area contributed by atoms with E-state index >= 15 is 0 Å². The van der Waals surface area contributed by atoms with E-state index in [0.29, 0.717) is 6.42 Å². The van der Waals surface area contributed by atoms with E-state index in [-0.39, 0.29) is 5.78 Å². The summed E-state index contributed by atoms with van der Waals surface area (Å²) in [6, 6.07) is 6.44. The van der Waals surface area contributed by atoms with E-state index < -0.39 is 0 Å². The van der Waals surface area contributed by atoms with Crippen molar-refractivity contribution in [3.05, 3.63) is 87.5 Å². The average molecular weight is 420 g/mol. The van der Waals surface area contributed by atoms with Crippen LogP contribution in [0.3, 0.4) is 0 Å². The van der Waals surface area contributed by atoms with Crippen molar-refractivity contribution in [1.29, 1.82) is 0 Å². The van der Waals surface area contributed by atoms with E-state index in [1.54, 1.807) is 0 Å². The molecule has 3 aliphatic rings. The van der Waals surface area contributed by atoms with Crippen LogP contribution in [0.4, 0.5) is 5.69 Å². The second-order valence-corrected chi connectivity index (χ2v) is 9.10. The Labute approximate surface area is 188 Å². The van der Waals surface area contributed by atoms with Crippen LogP contribution in [0.1, 0.15) is 45.5 Å². The zero-order valence-electron chi connectivity index (χ0n) is 18.5. The van der Waals surface area contributed by atoms with Gasteiger partial charge in [-0.15, -0.1) is 0 Å². The molecular weight excluding hydrogens is 394 g/mol. The van der Waals surface area contributed by atoms with Crippen LogP contribution in [0, 0.1) is 13.8 Å². The normalized spacial score (nSPS) is 17.6. The maximum absolute atomic E-state index is 13.0. The van der Waals surface area contributed by atoms with Crippen molar-refractivity contribution in [2.45, 2.75) is 39.5 Å². The molecule has 0 bridgehead atoms. The molecule has 2 aromatic heterocycles. The molecule has 2 aliphatic carbocycles. The zero-order chi connectivity index (χ0) is 21.8. The number of nitrogens with zero attached hydrogens (tertiary/aromatic N) is 2. The van der Waals surface area contributed by atoms with Crippen LogP contribution in [0.25, 0.3) is 22.8 Å². The van der Waals surface area contributed by atoms with Crippen molar-refractivity contribution >= 4 is 23.1 Å². The number of ketones is 1. The molecule has 4 nitrogen and oxygen atoms in total. The van der Waals surface area contributed by atoms with Crippen molar-refractivity contribution in [1.82, 2.24) is 9.97 Å². The summed E-state index contributed by atoms with van der Waals surface area (Å²) in [5.74, 6) is 0.202. The van der Waals surface area contributed by atoms with Gasteiger partial charge in [-0.3, -0.25) is 14.8 Å². The lowest BCUT2D eigenvalue weighted by atomic mass is 9.91. The molecular formula is C28H25N3O. The Kier molecular flexibility index (Phi) is 4.35. The number of fused-ring (bicyclic) bond motifs is 3. The number of hydrogen-bond acceptors (Lipinski definition) is 4. The zero-order valence-corrected chi connectivity index (χ0v) is 18.5. The second kappa shape index (κ2) is 7.27. The van der Waals surface area contributed by atoms with Crippen LogP contribution in [0.15, 0.2) is 48.4 Å². The van der Waals surface area contributed by atoms with Gasteiger partial charge in [-0.25, -0.2) is 0 Å². The smallest absolute Gasteiger partial charge is 0.167 e. The van der Waals surface area contributed by atoms with Gasteiger partial charge in [0.25, 0.3) is 0 Å². The molecule has 1 aromatic carbocycles. The van der Waals surface area contributed by atoms with E-state index in [4.69, 9.17) is 4.98 Å². The lowest BCUT2D eigenvalue weighted by molar-refractivity contribution is -0.112. The first-order valence-corrected chi connectivity index (χ1v) is 11.3. The molecule has 158 valence electrons. The Hall–Kier alpha value is -3.53. The molecule has 0 fully saturated rings. The summed E-state index contributed by atoms with van der Waals surface area (Å²) in [6.07, 6.45) is 13.5. The van der Waals surface area contributed by atoms with Gasteiger partial charge in [0.1, 0.15) is 0 Å². The Morgan fingerprint density at radius 2 is 1.94 bits per heavy atom. The Morgan fingerprint density at radius 3 is 2.81 bits per heavy atom. The van der Waals surface area contributed by atoms with Crippen LogP contribution < -0.4 is 5.32 Å². The van der Waals surface area contributed by atoms with Gasteiger partial charge in [-0.2, -0.15) is 0 Å². The van der Waals surface area contributed by atoms with Crippen molar-refractivity contribution in [2.24, 2.45) is 0 Å². The predicted octanol–water partition coefficient (Wildman–Crippen LogP) is 5.27. The number of carbonyl (C=O) groups excluding carboxylic acids is 1.